The van der Waals surface area contributed by atoms with Crippen LogP contribution < -0.4 is 27.4 Å². The van der Waals surface area contributed by atoms with Gasteiger partial charge in [-0.1, -0.05) is 0 Å². The van der Waals surface area contributed by atoms with Crippen molar-refractivity contribution in [3.63, 3.8) is 0 Å². The molecule has 0 spiro atoms. The van der Waals surface area contributed by atoms with E-state index in [0.29, 0.717) is 5.75 Å². The monoisotopic (exact) mass is 423 g/mol. The summed E-state index contributed by atoms with van der Waals surface area (Å²) in [6.07, 6.45) is 1.51. The number of aliphatic carboxylic acids is 1. The first-order valence-corrected chi connectivity index (χ1v) is 9.89. The van der Waals surface area contributed by atoms with Gasteiger partial charge in [-0.25, -0.2) is 4.79 Å². The molecule has 3 unspecified atom stereocenters. The number of thioether (sulfide) groups is 1. The number of hydrogen-bond donors (Lipinski definition) is 7. The van der Waals surface area contributed by atoms with E-state index in [1.165, 1.54) is 11.8 Å². The lowest BCUT2D eigenvalue weighted by Gasteiger charge is -2.23. The van der Waals surface area contributed by atoms with Gasteiger partial charge in [0.1, 0.15) is 18.1 Å². The molecular formula is C14H25N5O6S2. The first-order chi connectivity index (χ1) is 12.7. The van der Waals surface area contributed by atoms with Crippen LogP contribution >= 0.6 is 24.4 Å². The maximum Gasteiger partial charge on any atom is 0.327 e. The molecule has 0 aromatic carbocycles. The third-order valence-electron chi connectivity index (χ3n) is 3.28. The average Bonchev–Trinajstić information content (AvgIpc) is 2.61. The standard InChI is InChI=1S/C14H25N5O6S2/c1-27-3-2-7(12(22)19-9(6-26)14(24)25)18-13(23)8(4-10(16)20)17-11(21)5-15/h7-9,26H,2-6,15H2,1H3,(H2,16,20)(H,17,21)(H,18,23)(H,19,22)(H,24,25). The second-order valence-corrected chi connectivity index (χ2v) is 6.77. The molecule has 11 nitrogen and oxygen atoms in total. The van der Waals surface area contributed by atoms with E-state index in [4.69, 9.17) is 16.6 Å². The zero-order valence-electron chi connectivity index (χ0n) is 14.8. The van der Waals surface area contributed by atoms with Gasteiger partial charge in [-0.15, -0.1) is 0 Å². The molecule has 0 radical (unpaired) electrons. The van der Waals surface area contributed by atoms with Crippen LogP contribution in [0.5, 0.6) is 0 Å². The number of nitrogens with two attached hydrogens (primary N) is 2. The molecule has 0 aliphatic rings. The Morgan fingerprint density at radius 2 is 1.59 bits per heavy atom. The van der Waals surface area contributed by atoms with Crippen molar-refractivity contribution >= 4 is 54.0 Å². The SMILES string of the molecule is CSCCC(NC(=O)C(CC(N)=O)NC(=O)CN)C(=O)NC(CS)C(=O)O. The molecule has 3 atom stereocenters. The normalized spacial score (nSPS) is 13.7. The highest BCUT2D eigenvalue weighted by Crippen LogP contribution is 2.04. The number of thiol groups is 1. The third-order valence-corrected chi connectivity index (χ3v) is 4.29. The molecule has 0 aromatic rings. The molecule has 154 valence electrons. The van der Waals surface area contributed by atoms with E-state index in [2.05, 4.69) is 28.6 Å². The number of carbonyl (C=O) groups is 5. The van der Waals surface area contributed by atoms with Crippen molar-refractivity contribution < 1.29 is 29.1 Å². The summed E-state index contributed by atoms with van der Waals surface area (Å²) < 4.78 is 0. The van der Waals surface area contributed by atoms with Crippen molar-refractivity contribution in [3.05, 3.63) is 0 Å². The molecule has 0 aromatic heterocycles. The van der Waals surface area contributed by atoms with Crippen LogP contribution in [-0.4, -0.2) is 77.1 Å². The van der Waals surface area contributed by atoms with Crippen LogP contribution in [0.4, 0.5) is 0 Å². The van der Waals surface area contributed by atoms with Crippen LogP contribution in [0.25, 0.3) is 0 Å². The second kappa shape index (κ2) is 13.2. The Kier molecular flexibility index (Phi) is 12.2. The van der Waals surface area contributed by atoms with E-state index in [1.54, 1.807) is 6.26 Å². The topological polar surface area (TPSA) is 194 Å². The molecule has 0 saturated carbocycles. The van der Waals surface area contributed by atoms with Gasteiger partial charge in [0.25, 0.3) is 0 Å². The van der Waals surface area contributed by atoms with Gasteiger partial charge in [0.05, 0.1) is 13.0 Å². The molecule has 0 heterocycles. The molecule has 0 fully saturated rings. The van der Waals surface area contributed by atoms with Crippen LogP contribution in [-0.2, 0) is 24.0 Å². The predicted molar refractivity (Wildman–Crippen MR) is 103 cm³/mol. The van der Waals surface area contributed by atoms with Crippen molar-refractivity contribution in [2.75, 3.05) is 24.3 Å². The summed E-state index contributed by atoms with van der Waals surface area (Å²) in [4.78, 5) is 58.4. The molecule has 8 N–H and O–H groups in total. The third kappa shape index (κ3) is 10.1. The number of hydrogen-bond acceptors (Lipinski definition) is 8. The molecule has 13 heteroatoms. The second-order valence-electron chi connectivity index (χ2n) is 5.42. The van der Waals surface area contributed by atoms with Crippen molar-refractivity contribution in [3.8, 4) is 0 Å². The van der Waals surface area contributed by atoms with Crippen molar-refractivity contribution in [2.24, 2.45) is 11.5 Å². The summed E-state index contributed by atoms with van der Waals surface area (Å²) in [7, 11) is 0. The molecule has 0 aliphatic carbocycles. The number of rotatable bonds is 13. The lowest BCUT2D eigenvalue weighted by atomic mass is 10.1. The molecule has 0 rings (SSSR count). The van der Waals surface area contributed by atoms with Crippen LogP contribution in [0, 0.1) is 0 Å². The Morgan fingerprint density at radius 3 is 2.04 bits per heavy atom. The van der Waals surface area contributed by atoms with Gasteiger partial charge >= 0.3 is 5.97 Å². The number of carboxylic acid groups (broad SMARTS) is 1. The van der Waals surface area contributed by atoms with E-state index in [1.807, 2.05) is 0 Å². The zero-order chi connectivity index (χ0) is 21.0. The lowest BCUT2D eigenvalue weighted by molar-refractivity contribution is -0.141. The quantitative estimate of drug-likeness (QED) is 0.153. The Morgan fingerprint density at radius 1 is 1.04 bits per heavy atom. The van der Waals surface area contributed by atoms with Gasteiger partial charge in [-0.3, -0.25) is 19.2 Å². The molecule has 27 heavy (non-hydrogen) atoms. The minimum absolute atomic E-state index is 0.138. The van der Waals surface area contributed by atoms with Crippen molar-refractivity contribution in [1.82, 2.24) is 16.0 Å². The summed E-state index contributed by atoms with van der Waals surface area (Å²) >= 11 is 5.27. The van der Waals surface area contributed by atoms with Gasteiger partial charge in [0.15, 0.2) is 0 Å². The van der Waals surface area contributed by atoms with Gasteiger partial charge in [0, 0.05) is 5.75 Å². The molecule has 0 aliphatic heterocycles. The highest BCUT2D eigenvalue weighted by Gasteiger charge is 2.29. The van der Waals surface area contributed by atoms with E-state index >= 15 is 0 Å². The smallest absolute Gasteiger partial charge is 0.327 e. The summed E-state index contributed by atoms with van der Waals surface area (Å²) in [5.41, 5.74) is 10.3. The van der Waals surface area contributed by atoms with Crippen LogP contribution in [0.3, 0.4) is 0 Å². The van der Waals surface area contributed by atoms with Gasteiger partial charge in [0.2, 0.25) is 23.6 Å². The number of amides is 4. The van der Waals surface area contributed by atoms with Crippen LogP contribution in [0.2, 0.25) is 0 Å². The largest absolute Gasteiger partial charge is 0.480 e. The minimum atomic E-state index is -1.30. The number of primary amides is 1. The first kappa shape index (κ1) is 25.0. The summed E-state index contributed by atoms with van der Waals surface area (Å²) in [5.74, 6) is -3.96. The molecule has 0 saturated heterocycles. The number of carbonyl (C=O) groups excluding carboxylic acids is 4. The fourth-order valence-electron chi connectivity index (χ4n) is 1.90. The van der Waals surface area contributed by atoms with Gasteiger partial charge < -0.3 is 32.5 Å². The maximum atomic E-state index is 12.4. The van der Waals surface area contributed by atoms with Crippen molar-refractivity contribution in [1.29, 1.82) is 0 Å². The molecule has 4 amide bonds. The fourth-order valence-corrected chi connectivity index (χ4v) is 2.62. The Bertz CT molecular complexity index is 562. The Balaban J connectivity index is 5.22. The average molecular weight is 424 g/mol. The summed E-state index contributed by atoms with van der Waals surface area (Å²) in [5, 5.41) is 15.9. The first-order valence-electron chi connectivity index (χ1n) is 7.87. The minimum Gasteiger partial charge on any atom is -0.480 e. The summed E-state index contributed by atoms with van der Waals surface area (Å²) in [6.45, 7) is -0.402. The van der Waals surface area contributed by atoms with E-state index in [9.17, 15) is 24.0 Å². The van der Waals surface area contributed by atoms with E-state index in [-0.39, 0.29) is 12.2 Å². The lowest BCUT2D eigenvalue weighted by Crippen LogP contribution is -2.57. The van der Waals surface area contributed by atoms with Crippen LogP contribution in [0.1, 0.15) is 12.8 Å². The van der Waals surface area contributed by atoms with E-state index in [0.717, 1.165) is 0 Å². The molecular weight excluding hydrogens is 398 g/mol. The number of nitrogens with one attached hydrogen (secondary N) is 3. The zero-order valence-corrected chi connectivity index (χ0v) is 16.5. The van der Waals surface area contributed by atoms with Gasteiger partial charge in [-0.2, -0.15) is 24.4 Å². The Hall–Kier alpha value is -1.99. The Labute approximate surface area is 166 Å². The highest BCUT2D eigenvalue weighted by molar-refractivity contribution is 7.98. The maximum absolute atomic E-state index is 12.4. The predicted octanol–water partition coefficient (Wildman–Crippen LogP) is -2.96. The fraction of sp³-hybridized carbons (Fsp3) is 0.643. The van der Waals surface area contributed by atoms with Gasteiger partial charge in [-0.05, 0) is 18.4 Å². The van der Waals surface area contributed by atoms with E-state index < -0.39 is 60.7 Å². The van der Waals surface area contributed by atoms with Crippen molar-refractivity contribution in [2.45, 2.75) is 31.0 Å². The number of carboxylic acids is 1. The highest BCUT2D eigenvalue weighted by atomic mass is 32.2. The van der Waals surface area contributed by atoms with Crippen LogP contribution in [0.15, 0.2) is 0 Å². The summed E-state index contributed by atoms with van der Waals surface area (Å²) in [6, 6.07) is -3.60. The molecule has 0 bridgehead atoms.